The van der Waals surface area contributed by atoms with E-state index in [1.807, 2.05) is 48.5 Å². The lowest BCUT2D eigenvalue weighted by Gasteiger charge is -2.12. The van der Waals surface area contributed by atoms with Crippen LogP contribution in [0.1, 0.15) is 16.8 Å². The molecular weight excluding hydrogens is 494 g/mol. The molecule has 1 heterocycles. The van der Waals surface area contributed by atoms with Gasteiger partial charge < -0.3 is 15.4 Å². The summed E-state index contributed by atoms with van der Waals surface area (Å²) in [7, 11) is 1.75. The van der Waals surface area contributed by atoms with Gasteiger partial charge in [-0.2, -0.15) is 0 Å². The summed E-state index contributed by atoms with van der Waals surface area (Å²) in [6, 6.07) is 20.1. The van der Waals surface area contributed by atoms with Gasteiger partial charge in [0.1, 0.15) is 18.2 Å². The first kappa shape index (κ1) is 23.6. The fraction of sp³-hybridized carbons (Fsp3) is 0.217. The van der Waals surface area contributed by atoms with Gasteiger partial charge in [-0.3, -0.25) is 9.98 Å². The summed E-state index contributed by atoms with van der Waals surface area (Å²) in [6.45, 7) is 1.74. The number of nitrogens with one attached hydrogen (secondary N) is 2. The van der Waals surface area contributed by atoms with E-state index >= 15 is 0 Å². The van der Waals surface area contributed by atoms with Gasteiger partial charge in [-0.25, -0.2) is 4.39 Å². The highest BCUT2D eigenvalue weighted by atomic mass is 127. The van der Waals surface area contributed by atoms with E-state index in [0.717, 1.165) is 41.5 Å². The minimum Gasteiger partial charge on any atom is -0.489 e. The number of hydrogen-bond acceptors (Lipinski definition) is 3. The van der Waals surface area contributed by atoms with Crippen molar-refractivity contribution in [2.75, 3.05) is 13.6 Å². The van der Waals surface area contributed by atoms with Crippen LogP contribution in [0.2, 0.25) is 0 Å². The van der Waals surface area contributed by atoms with Crippen LogP contribution >= 0.6 is 24.0 Å². The molecule has 0 saturated heterocycles. The third kappa shape index (κ3) is 7.98. The Bertz CT molecular complexity index is 920. The molecule has 0 spiro atoms. The maximum atomic E-state index is 13.2. The molecule has 1 aromatic heterocycles. The number of nitrogens with zero attached hydrogens (tertiary/aromatic N) is 2. The van der Waals surface area contributed by atoms with E-state index in [9.17, 15) is 4.39 Å². The molecule has 158 valence electrons. The van der Waals surface area contributed by atoms with E-state index in [0.29, 0.717) is 13.2 Å². The number of benzene rings is 2. The molecular formula is C23H26FIN4O. The van der Waals surface area contributed by atoms with Crippen LogP contribution in [0.4, 0.5) is 4.39 Å². The van der Waals surface area contributed by atoms with Crippen molar-refractivity contribution in [3.8, 4) is 5.75 Å². The van der Waals surface area contributed by atoms with Crippen LogP contribution in [0.3, 0.4) is 0 Å². The Hall–Kier alpha value is -2.68. The molecule has 0 aliphatic carbocycles. The average molecular weight is 520 g/mol. The molecule has 30 heavy (non-hydrogen) atoms. The molecule has 5 nitrogen and oxygen atoms in total. The SMILES string of the molecule is CN=C(NCCc1ccccn1)NCc1ccc(OCc2cccc(F)c2)cc1.I. The zero-order chi connectivity index (χ0) is 20.3. The molecule has 0 atom stereocenters. The largest absolute Gasteiger partial charge is 0.489 e. The smallest absolute Gasteiger partial charge is 0.191 e. The summed E-state index contributed by atoms with van der Waals surface area (Å²) in [5, 5.41) is 6.58. The zero-order valence-electron chi connectivity index (χ0n) is 16.8. The topological polar surface area (TPSA) is 58.5 Å². The molecule has 0 amide bonds. The number of ether oxygens (including phenoxy) is 1. The first-order valence-corrected chi connectivity index (χ1v) is 9.53. The van der Waals surface area contributed by atoms with Gasteiger partial charge in [-0.15, -0.1) is 24.0 Å². The van der Waals surface area contributed by atoms with Gasteiger partial charge in [0, 0.05) is 38.4 Å². The van der Waals surface area contributed by atoms with Crippen LogP contribution < -0.4 is 15.4 Å². The van der Waals surface area contributed by atoms with Crippen LogP contribution in [0.15, 0.2) is 77.9 Å². The van der Waals surface area contributed by atoms with Crippen molar-refractivity contribution in [2.45, 2.75) is 19.6 Å². The Morgan fingerprint density at radius 2 is 1.83 bits per heavy atom. The summed E-state index contributed by atoms with van der Waals surface area (Å²) >= 11 is 0. The molecule has 0 aliphatic rings. The Balaban J connectivity index is 0.00000320. The standard InChI is InChI=1S/C23H25FN4O.HI/c1-25-23(27-14-12-21-7-2-3-13-26-21)28-16-18-8-10-22(11-9-18)29-17-19-5-4-6-20(24)15-19;/h2-11,13,15H,12,14,16-17H2,1H3,(H2,25,27,28);1H. The second kappa shape index (κ2) is 12.8. The van der Waals surface area contributed by atoms with Gasteiger partial charge in [0.2, 0.25) is 0 Å². The summed E-state index contributed by atoms with van der Waals surface area (Å²) in [5.74, 6) is 1.23. The number of hydrogen-bond donors (Lipinski definition) is 2. The zero-order valence-corrected chi connectivity index (χ0v) is 19.2. The van der Waals surface area contributed by atoms with Crippen molar-refractivity contribution in [2.24, 2.45) is 4.99 Å². The highest BCUT2D eigenvalue weighted by Gasteiger charge is 2.01. The molecule has 0 radical (unpaired) electrons. The first-order chi connectivity index (χ1) is 14.2. The minimum absolute atomic E-state index is 0. The van der Waals surface area contributed by atoms with E-state index in [2.05, 4.69) is 20.6 Å². The molecule has 2 N–H and O–H groups in total. The lowest BCUT2D eigenvalue weighted by atomic mass is 10.2. The van der Waals surface area contributed by atoms with Crippen LogP contribution in [0, 0.1) is 5.82 Å². The fourth-order valence-corrected chi connectivity index (χ4v) is 2.76. The van der Waals surface area contributed by atoms with Crippen molar-refractivity contribution >= 4 is 29.9 Å². The number of aromatic nitrogens is 1. The van der Waals surface area contributed by atoms with E-state index in [1.54, 1.807) is 19.3 Å². The molecule has 3 rings (SSSR count). The summed E-state index contributed by atoms with van der Waals surface area (Å²) in [6.07, 6.45) is 2.63. The lowest BCUT2D eigenvalue weighted by Crippen LogP contribution is -2.37. The highest BCUT2D eigenvalue weighted by molar-refractivity contribution is 14.0. The predicted octanol–water partition coefficient (Wildman–Crippen LogP) is 4.33. The number of rotatable bonds is 8. The third-order valence-electron chi connectivity index (χ3n) is 4.30. The monoisotopic (exact) mass is 520 g/mol. The molecule has 0 bridgehead atoms. The summed E-state index contributed by atoms with van der Waals surface area (Å²) in [4.78, 5) is 8.55. The second-order valence-electron chi connectivity index (χ2n) is 6.49. The Morgan fingerprint density at radius 3 is 2.53 bits per heavy atom. The highest BCUT2D eigenvalue weighted by Crippen LogP contribution is 2.14. The third-order valence-corrected chi connectivity index (χ3v) is 4.30. The Morgan fingerprint density at radius 1 is 1.00 bits per heavy atom. The minimum atomic E-state index is -0.255. The molecule has 0 aliphatic heterocycles. The van der Waals surface area contributed by atoms with Crippen LogP contribution in [0.5, 0.6) is 5.75 Å². The quantitative estimate of drug-likeness (QED) is 0.264. The molecule has 0 unspecified atom stereocenters. The van der Waals surface area contributed by atoms with E-state index < -0.39 is 0 Å². The van der Waals surface area contributed by atoms with Gasteiger partial charge >= 0.3 is 0 Å². The maximum Gasteiger partial charge on any atom is 0.191 e. The average Bonchev–Trinajstić information content (AvgIpc) is 2.76. The number of halogens is 2. The normalized spacial score (nSPS) is 10.8. The lowest BCUT2D eigenvalue weighted by molar-refractivity contribution is 0.305. The van der Waals surface area contributed by atoms with E-state index in [-0.39, 0.29) is 29.8 Å². The number of pyridine rings is 1. The Labute approximate surface area is 193 Å². The Kier molecular flexibility index (Phi) is 10.1. The van der Waals surface area contributed by atoms with Gasteiger partial charge in [0.05, 0.1) is 0 Å². The number of aliphatic imine (C=N–C) groups is 1. The van der Waals surface area contributed by atoms with Crippen molar-refractivity contribution in [1.29, 1.82) is 0 Å². The molecule has 3 aromatic rings. The molecule has 7 heteroatoms. The maximum absolute atomic E-state index is 13.2. The predicted molar refractivity (Wildman–Crippen MR) is 129 cm³/mol. The number of guanidine groups is 1. The van der Waals surface area contributed by atoms with Crippen LogP contribution in [-0.2, 0) is 19.6 Å². The van der Waals surface area contributed by atoms with Gasteiger partial charge in [0.15, 0.2) is 5.96 Å². The van der Waals surface area contributed by atoms with Gasteiger partial charge in [-0.05, 0) is 47.5 Å². The summed E-state index contributed by atoms with van der Waals surface area (Å²) in [5.41, 5.74) is 2.95. The summed E-state index contributed by atoms with van der Waals surface area (Å²) < 4.78 is 18.9. The molecule has 0 saturated carbocycles. The second-order valence-corrected chi connectivity index (χ2v) is 6.49. The first-order valence-electron chi connectivity index (χ1n) is 9.53. The van der Waals surface area contributed by atoms with Gasteiger partial charge in [-0.1, -0.05) is 30.3 Å². The van der Waals surface area contributed by atoms with Crippen molar-refractivity contribution < 1.29 is 9.13 Å². The van der Waals surface area contributed by atoms with Crippen LogP contribution in [-0.4, -0.2) is 24.5 Å². The van der Waals surface area contributed by atoms with E-state index in [4.69, 9.17) is 4.74 Å². The van der Waals surface area contributed by atoms with Gasteiger partial charge in [0.25, 0.3) is 0 Å². The van der Waals surface area contributed by atoms with Crippen molar-refractivity contribution in [3.63, 3.8) is 0 Å². The van der Waals surface area contributed by atoms with Crippen molar-refractivity contribution in [1.82, 2.24) is 15.6 Å². The molecule has 0 fully saturated rings. The van der Waals surface area contributed by atoms with Crippen molar-refractivity contribution in [3.05, 3.63) is 95.6 Å². The van der Waals surface area contributed by atoms with E-state index in [1.165, 1.54) is 12.1 Å². The molecule has 2 aromatic carbocycles. The van der Waals surface area contributed by atoms with Crippen LogP contribution in [0.25, 0.3) is 0 Å². The fourth-order valence-electron chi connectivity index (χ4n) is 2.76.